The average molecular weight is 2030 g/mol. The molecule has 39 heteroatoms. The molecule has 13 amide bonds. The summed E-state index contributed by atoms with van der Waals surface area (Å²) >= 11 is 1.61. The molecule has 4 atom stereocenters. The zero-order valence-corrected chi connectivity index (χ0v) is 78.4. The van der Waals surface area contributed by atoms with E-state index in [0.717, 1.165) is 70.3 Å². The maximum atomic E-state index is 13.6. The van der Waals surface area contributed by atoms with Crippen molar-refractivity contribution in [3.05, 3.63) is 159 Å². The predicted octanol–water partition coefficient (Wildman–Crippen LogP) is 12.5. The van der Waals surface area contributed by atoms with Crippen molar-refractivity contribution in [2.75, 3.05) is 106 Å². The topological polar surface area (TPSA) is 533 Å². The average Bonchev–Trinajstić information content (AvgIpc) is 1.77. The van der Waals surface area contributed by atoms with E-state index in [1.807, 2.05) is 36.4 Å². The molecule has 1 aromatic heterocycles. The zero-order valence-electron chi connectivity index (χ0n) is 77.4. The van der Waals surface area contributed by atoms with Crippen LogP contribution in [0.3, 0.4) is 0 Å². The van der Waals surface area contributed by atoms with Crippen molar-refractivity contribution in [2.24, 2.45) is 35.1 Å². The quantitative estimate of drug-likeness (QED) is 0.00206. The van der Waals surface area contributed by atoms with E-state index in [2.05, 4.69) is 60.4 Å². The third-order valence-electron chi connectivity index (χ3n) is 20.4. The molecule has 4 aromatic carbocycles. The molecule has 0 unspecified atom stereocenters. The fourth-order valence-corrected chi connectivity index (χ4v) is 13.3. The van der Waals surface area contributed by atoms with Crippen molar-refractivity contribution < 1.29 is 108 Å². The van der Waals surface area contributed by atoms with Crippen LogP contribution in [-0.2, 0) is 89.2 Å². The number of rotatable bonds is 52. The number of aryl methyl sites for hydroxylation is 1. The second-order valence-corrected chi connectivity index (χ2v) is 31.5. The number of para-hydroxylation sites is 2. The van der Waals surface area contributed by atoms with Crippen LogP contribution in [0.25, 0.3) is 38.7 Å². The van der Waals surface area contributed by atoms with Gasteiger partial charge in [0.2, 0.25) is 23.6 Å². The van der Waals surface area contributed by atoms with Crippen LogP contribution in [0.5, 0.6) is 5.75 Å². The number of hydrogen-bond acceptors (Lipinski definition) is 21. The number of carbonyl (C=O) groups excluding carboxylic acids is 14. The minimum absolute atomic E-state index is 0. The van der Waals surface area contributed by atoms with Crippen LogP contribution in [0, 0.1) is 33.8 Å². The van der Waals surface area contributed by atoms with Gasteiger partial charge in [-0.1, -0.05) is 136 Å². The number of likely N-dealkylation sites (N-methyl/N-ethyl adjacent to an activating group) is 1. The largest absolute Gasteiger partial charge is 0.677 e. The number of nitro benzene ring substituents is 1. The Morgan fingerprint density at radius 1 is 0.588 bits per heavy atom. The fourth-order valence-electron chi connectivity index (χ4n) is 13.3. The van der Waals surface area contributed by atoms with Crippen molar-refractivity contribution in [1.29, 1.82) is 0 Å². The van der Waals surface area contributed by atoms with Gasteiger partial charge in [-0.05, 0) is 157 Å². The van der Waals surface area contributed by atoms with Gasteiger partial charge in [-0.3, -0.25) is 67.9 Å². The molecule has 0 spiro atoms. The number of nitrogens with zero attached hydrogens (tertiary/aromatic N) is 8. The summed E-state index contributed by atoms with van der Waals surface area (Å²) in [6.07, 6.45) is 12.3. The molecule has 2 aliphatic rings. The molecule has 0 saturated heterocycles. The number of ether oxygens (including phenoxy) is 3. The van der Waals surface area contributed by atoms with Gasteiger partial charge in [0, 0.05) is 139 Å². The monoisotopic (exact) mass is 2030 g/mol. The maximum Gasteiger partial charge on any atom is -0.0916 e. The van der Waals surface area contributed by atoms with Crippen molar-refractivity contribution in [3.8, 4) is 5.75 Å². The number of imide groups is 2. The van der Waals surface area contributed by atoms with Crippen LogP contribution in [0.4, 0.5) is 30.6 Å². The van der Waals surface area contributed by atoms with E-state index >= 15 is 0 Å². The third-order valence-corrected chi connectivity index (χ3v) is 20.4. The van der Waals surface area contributed by atoms with E-state index in [4.69, 9.17) is 44.9 Å². The number of primary amides is 2. The Bertz CT molecular complexity index is 4540. The Hall–Kier alpha value is -11.7. The summed E-state index contributed by atoms with van der Waals surface area (Å²) in [4.78, 5) is 196. The number of nitrogens with one attached hydrogen (secondary N) is 8. The normalized spacial score (nSPS) is 12.9. The maximum absolute atomic E-state index is 13.6. The second-order valence-electron chi connectivity index (χ2n) is 31.5. The number of amidine groups is 1. The molecule has 0 saturated carbocycles. The number of ketones is 2. The zero-order chi connectivity index (χ0) is 98.2. The summed E-state index contributed by atoms with van der Waals surface area (Å²) < 4.78 is 29.4. The number of benzene rings is 4. The van der Waals surface area contributed by atoms with Gasteiger partial charge in [0.25, 0.3) is 29.3 Å². The number of unbranched alkanes of at least 4 members (excludes halogenated alkanes) is 5. The van der Waals surface area contributed by atoms with Gasteiger partial charge in [0.1, 0.15) is 12.4 Å². The van der Waals surface area contributed by atoms with E-state index in [0.29, 0.717) is 82.3 Å². The number of hydrogen-bond donors (Lipinski definition) is 8. The van der Waals surface area contributed by atoms with Crippen molar-refractivity contribution in [3.63, 3.8) is 0 Å². The Morgan fingerprint density at radius 2 is 1.07 bits per heavy atom. The van der Waals surface area contributed by atoms with Crippen molar-refractivity contribution >= 4 is 132 Å². The molecule has 12 N–H and O–H groups in total. The van der Waals surface area contributed by atoms with Gasteiger partial charge in [0.15, 0.2) is 11.6 Å². The number of amides is 13. The molecule has 0 fully saturated rings. The number of aromatic nitrogens is 1. The SMILES string of the molecule is C.CC(C)[C@H](NC(=O)CCCCCN1C(=O)C=CC1=O)C(=O)C[C@@H](CCCNC(N)=O)C(=O)NCCN(C)C(=O)OCCC(=[N-])N(C)CCCc1c2ccccc2nc2ccccc12.CC(C)[C@H](NC(=O)CCCCCN1C(=O)C=CC1=O)C(=O)C[C@@H](CCCNC(N)=O)C(=O)Nc1ccc(COC(=O)Oc2ccc([N+](=O)[O-])cc2)cc1.[3H]C([3H])N(C)CCCC.[Cl][Pt+].[NH-]CCC[NH-]. The summed E-state index contributed by atoms with van der Waals surface area (Å²) in [6, 6.07) is 24.3. The van der Waals surface area contributed by atoms with E-state index in [1.165, 1.54) is 66.1 Å². The first kappa shape index (κ1) is 112. The summed E-state index contributed by atoms with van der Waals surface area (Å²) in [5, 5.41) is 39.9. The van der Waals surface area contributed by atoms with Crippen molar-refractivity contribution in [2.45, 2.75) is 189 Å². The minimum Gasteiger partial charge on any atom is -0.677 e. The van der Waals surface area contributed by atoms with E-state index in [-0.39, 0.29) is 181 Å². The van der Waals surface area contributed by atoms with Crippen LogP contribution in [0.1, 0.15) is 178 Å². The van der Waals surface area contributed by atoms with Crippen LogP contribution < -0.4 is 48.1 Å². The number of pyridine rings is 1. The molecule has 131 heavy (non-hydrogen) atoms. The Kier molecular flexibility index (Phi) is 55.4. The summed E-state index contributed by atoms with van der Waals surface area (Å²) in [6.45, 7) is 11.6. The van der Waals surface area contributed by atoms with Gasteiger partial charge in [-0.2, -0.15) is 13.1 Å². The number of halogens is 1. The van der Waals surface area contributed by atoms with Crippen molar-refractivity contribution in [1.82, 2.24) is 56.1 Å². The van der Waals surface area contributed by atoms with E-state index in [9.17, 15) is 82.6 Å². The number of non-ortho nitro benzene ring substituents is 1. The van der Waals surface area contributed by atoms with Crippen LogP contribution in [0.15, 0.2) is 121 Å². The van der Waals surface area contributed by atoms with Crippen LogP contribution in [0.2, 0.25) is 0 Å². The molecule has 724 valence electrons. The molecular formula is C92H133ClN18O19Pt-2. The molecule has 0 bridgehead atoms. The predicted molar refractivity (Wildman–Crippen MR) is 500 cm³/mol. The number of anilines is 1. The number of fused-ring (bicyclic) bond motifs is 2. The first-order chi connectivity index (χ1) is 63.0. The molecule has 7 rings (SSSR count). The standard InChI is InChI=1S/C46H62N9O8.C36H44N6O11.C6H15N.C3H8N2.CH4.ClH.Pt/c1-31(2)43(52-40(57)20-6-5-11-27-55-41(58)21-22-42(55)59)38(56)30-32(14-12-24-50-45(48)61)44(60)49-25-28-54(4)46(62)63-29-23-39(47)53(3)26-13-17-33-34-15-7-9-18-36(34)51-37-19-10-8-16-35(33)37;1-23(2)33(40-30(44)8-4-3-5-20-41-31(45)17-18-32(41)46)29(43)21-25(7-6-19-38-35(37)48)34(47)39-26-11-9-24(10-12-26)22-52-36(49)53-28-15-13-27(14-16-28)42(50)51;1-4-5-6-7(2)3;4-2-1-3-5;;;/h7-10,15-16,18-19,21-22,31-32,43H,5-6,11-14,17,20,23-30H2,1-4H3,(H,49,60)(H,52,57)(H3,48,50,61);9-18,23,25,33H,3-8,19-22H2,1-2H3,(H,39,47)(H,40,44)(H3,37,38,48);4-6H2,1-3H3;4-5H,1-3H2;1H4;1H;/q-1;;;-2;;;+2/p-1/t32-,43+;25-,33+;;;;;/m11...../s1/i;;2T2;;;;. The minimum atomic E-state index is -1.02. The Balaban J connectivity index is 0.000000774. The van der Waals surface area contributed by atoms with Gasteiger partial charge < -0.3 is 89.2 Å². The van der Waals surface area contributed by atoms with E-state index in [1.54, 1.807) is 94.6 Å². The third kappa shape index (κ3) is 45.6. The molecule has 37 nitrogen and oxygen atoms in total. The van der Waals surface area contributed by atoms with Gasteiger partial charge in [-0.25, -0.2) is 24.2 Å². The molecule has 0 aliphatic carbocycles. The number of carbonyl (C=O) groups is 14. The molecular weight excluding hydrogens is 1890 g/mol. The first-order valence-corrected chi connectivity index (χ1v) is 46.2. The molecule has 0 radical (unpaired) electrons. The second kappa shape index (κ2) is 65.0. The summed E-state index contributed by atoms with van der Waals surface area (Å²) in [5.41, 5.74) is 27.2. The molecule has 3 heterocycles. The fraction of sp³-hybridized carbons (Fsp3) is 0.522. The van der Waals surface area contributed by atoms with Crippen LogP contribution >= 0.6 is 9.42 Å². The molecule has 2 aliphatic heterocycles. The first-order valence-electron chi connectivity index (χ1n) is 44.5. The van der Waals surface area contributed by atoms with E-state index < -0.39 is 72.0 Å². The van der Waals surface area contributed by atoms with Gasteiger partial charge in [0.05, 0.1) is 34.6 Å². The van der Waals surface area contributed by atoms with Gasteiger partial charge >= 0.3 is 52.5 Å². The smallest absolute Gasteiger partial charge is 0.0916 e. The molecule has 5 aromatic rings. The summed E-state index contributed by atoms with van der Waals surface area (Å²) in [7, 11) is 9.73. The van der Waals surface area contributed by atoms with Gasteiger partial charge in [-0.15, -0.1) is 0 Å². The number of nitrogens with two attached hydrogens (primary N) is 2. The van der Waals surface area contributed by atoms with Crippen LogP contribution in [-0.4, -0.2) is 236 Å². The Morgan fingerprint density at radius 3 is 1.51 bits per heavy atom. The summed E-state index contributed by atoms with van der Waals surface area (Å²) in [5.74, 6) is -5.55. The number of nitro groups is 1. The number of urea groups is 2. The Labute approximate surface area is 786 Å². The number of Topliss-reactive ketones (excluding diaryl/α,β-unsaturated/α-hetero) is 2.